The smallest absolute Gasteiger partial charge is 0.229 e. The Hall–Kier alpha value is -3.32. The summed E-state index contributed by atoms with van der Waals surface area (Å²) in [5.41, 5.74) is 7.81. The molecule has 0 bridgehead atoms. The number of hydrogen-bond acceptors (Lipinski definition) is 4. The molecule has 164 valence electrons. The van der Waals surface area contributed by atoms with Crippen molar-refractivity contribution in [2.45, 2.75) is 46.6 Å². The molecule has 6 nitrogen and oxygen atoms in total. The second-order valence-electron chi connectivity index (χ2n) is 8.23. The van der Waals surface area contributed by atoms with Crippen LogP contribution in [-0.2, 0) is 12.8 Å². The number of rotatable bonds is 3. The highest BCUT2D eigenvalue weighted by atomic mass is 32.1. The molecule has 32 heavy (non-hydrogen) atoms. The van der Waals surface area contributed by atoms with Crippen molar-refractivity contribution in [2.75, 3.05) is 10.6 Å². The third kappa shape index (κ3) is 5.29. The zero-order chi connectivity index (χ0) is 22.7. The molecule has 0 aliphatic heterocycles. The van der Waals surface area contributed by atoms with Crippen molar-refractivity contribution in [3.63, 3.8) is 0 Å². The highest BCUT2D eigenvalue weighted by molar-refractivity contribution is 7.80. The average Bonchev–Trinajstić information content (AvgIpc) is 3.13. The summed E-state index contributed by atoms with van der Waals surface area (Å²) in [4.78, 5) is 13.9. The van der Waals surface area contributed by atoms with Gasteiger partial charge in [-0.05, 0) is 87.1 Å². The Morgan fingerprint density at radius 2 is 1.56 bits per heavy atom. The summed E-state index contributed by atoms with van der Waals surface area (Å²) < 4.78 is 0. The van der Waals surface area contributed by atoms with Crippen LogP contribution in [0.15, 0.2) is 53.5 Å². The van der Waals surface area contributed by atoms with Crippen LogP contribution in [0.25, 0.3) is 0 Å². The molecule has 0 atom stereocenters. The second kappa shape index (κ2) is 9.44. The van der Waals surface area contributed by atoms with E-state index in [0.29, 0.717) is 17.0 Å². The van der Waals surface area contributed by atoms with E-state index in [0.717, 1.165) is 35.5 Å². The molecule has 1 aliphatic rings. The van der Waals surface area contributed by atoms with Crippen LogP contribution in [0.1, 0.15) is 33.6 Å². The van der Waals surface area contributed by atoms with Crippen molar-refractivity contribution >= 4 is 34.9 Å². The number of aromatic nitrogens is 2. The summed E-state index contributed by atoms with van der Waals surface area (Å²) in [6, 6.07) is 16.7. The molecule has 0 saturated heterocycles. The molecule has 0 spiro atoms. The molecule has 2 aromatic carbocycles. The first kappa shape index (κ1) is 21.9. The lowest BCUT2D eigenvalue weighted by atomic mass is 10.1. The van der Waals surface area contributed by atoms with Crippen LogP contribution < -0.4 is 16.0 Å². The predicted octanol–water partition coefficient (Wildman–Crippen LogP) is 4.63. The van der Waals surface area contributed by atoms with E-state index in [2.05, 4.69) is 70.1 Å². The van der Waals surface area contributed by atoms with Crippen molar-refractivity contribution in [3.05, 3.63) is 82.2 Å². The van der Waals surface area contributed by atoms with Crippen LogP contribution >= 0.6 is 12.2 Å². The molecule has 0 saturated carbocycles. The fraction of sp³-hybridized carbons (Fsp3) is 0.280. The van der Waals surface area contributed by atoms with Gasteiger partial charge in [0, 0.05) is 17.1 Å². The van der Waals surface area contributed by atoms with E-state index in [1.54, 1.807) is 0 Å². The first-order valence-corrected chi connectivity index (χ1v) is 11.2. The quantitative estimate of drug-likeness (QED) is 0.311. The van der Waals surface area contributed by atoms with Gasteiger partial charge in [0.1, 0.15) is 0 Å². The summed E-state index contributed by atoms with van der Waals surface area (Å²) in [5, 5.41) is 10.2. The minimum absolute atomic E-state index is 0.122. The van der Waals surface area contributed by atoms with Crippen LogP contribution in [0.4, 0.5) is 11.6 Å². The van der Waals surface area contributed by atoms with Gasteiger partial charge < -0.3 is 10.6 Å². The van der Waals surface area contributed by atoms with Crippen molar-refractivity contribution < 1.29 is 0 Å². The topological polar surface area (TPSA) is 74.2 Å². The van der Waals surface area contributed by atoms with Crippen molar-refractivity contribution in [1.82, 2.24) is 15.3 Å². The van der Waals surface area contributed by atoms with Crippen molar-refractivity contribution in [1.29, 1.82) is 0 Å². The summed E-state index contributed by atoms with van der Waals surface area (Å²) in [7, 11) is 0. The summed E-state index contributed by atoms with van der Waals surface area (Å²) in [6.45, 7) is 8.06. The van der Waals surface area contributed by atoms with Gasteiger partial charge in [-0.3, -0.25) is 5.32 Å². The minimum atomic E-state index is 0.122. The third-order valence-electron chi connectivity index (χ3n) is 5.64. The van der Waals surface area contributed by atoms with Crippen LogP contribution in [0, 0.1) is 27.7 Å². The number of hydrogen-bond donors (Lipinski definition) is 3. The molecule has 3 N–H and O–H groups in total. The number of benzene rings is 2. The number of nitrogens with zero attached hydrogens (tertiary/aromatic N) is 3. The number of thiocarbonyl (C=S) groups is 1. The van der Waals surface area contributed by atoms with Gasteiger partial charge >= 0.3 is 0 Å². The van der Waals surface area contributed by atoms with E-state index in [1.165, 1.54) is 16.7 Å². The molecule has 0 radical (unpaired) electrons. The van der Waals surface area contributed by atoms with Gasteiger partial charge in [-0.1, -0.05) is 36.4 Å². The molecule has 1 aromatic heterocycles. The van der Waals surface area contributed by atoms with Crippen molar-refractivity contribution in [2.24, 2.45) is 4.99 Å². The summed E-state index contributed by atoms with van der Waals surface area (Å²) in [6.07, 6.45) is 1.79. The number of anilines is 2. The number of nitrogens with one attached hydrogen (secondary N) is 3. The van der Waals surface area contributed by atoms with E-state index >= 15 is 0 Å². The van der Waals surface area contributed by atoms with Gasteiger partial charge in [-0.25, -0.2) is 15.0 Å². The molecule has 7 heteroatoms. The normalized spacial score (nSPS) is 13.6. The van der Waals surface area contributed by atoms with Gasteiger partial charge in [-0.2, -0.15) is 0 Å². The van der Waals surface area contributed by atoms with E-state index in [-0.39, 0.29) is 6.04 Å². The highest BCUT2D eigenvalue weighted by Crippen LogP contribution is 2.24. The molecule has 0 unspecified atom stereocenters. The Morgan fingerprint density at radius 3 is 2.22 bits per heavy atom. The average molecular weight is 445 g/mol. The Bertz CT molecular complexity index is 1140. The lowest BCUT2D eigenvalue weighted by molar-refractivity contribution is 0.720. The fourth-order valence-electron chi connectivity index (χ4n) is 3.94. The molecule has 3 aromatic rings. The molecule has 0 fully saturated rings. The standard InChI is InChI=1S/C25H28N6S/c1-15-8-7-11-22(18(15)4)29-25(32)31-24(30-23-26-16(2)12-17(3)27-23)28-21-13-19-9-5-6-10-20(19)14-21/h5-12,21H,13-14H2,1-4H3,(H3,26,27,28,29,30,31,32). The van der Waals surface area contributed by atoms with Crippen molar-refractivity contribution in [3.8, 4) is 0 Å². The molecule has 0 amide bonds. The summed E-state index contributed by atoms with van der Waals surface area (Å²) >= 11 is 5.61. The first-order valence-electron chi connectivity index (χ1n) is 10.8. The molecule has 4 rings (SSSR count). The predicted molar refractivity (Wildman–Crippen MR) is 135 cm³/mol. The largest absolute Gasteiger partial charge is 0.332 e. The Kier molecular flexibility index (Phi) is 6.46. The third-order valence-corrected chi connectivity index (χ3v) is 5.84. The maximum Gasteiger partial charge on any atom is 0.229 e. The fourth-order valence-corrected chi connectivity index (χ4v) is 4.15. The molecule has 1 aliphatic carbocycles. The Morgan fingerprint density at radius 1 is 0.906 bits per heavy atom. The van der Waals surface area contributed by atoms with Gasteiger partial charge in [-0.15, -0.1) is 0 Å². The lowest BCUT2D eigenvalue weighted by Crippen LogP contribution is -2.40. The van der Waals surface area contributed by atoms with Gasteiger partial charge in [0.25, 0.3) is 0 Å². The maximum atomic E-state index is 5.61. The van der Waals surface area contributed by atoms with Gasteiger partial charge in [0.05, 0.1) is 6.04 Å². The number of fused-ring (bicyclic) bond motifs is 1. The number of aryl methyl sites for hydroxylation is 3. The zero-order valence-electron chi connectivity index (χ0n) is 18.9. The van der Waals surface area contributed by atoms with Crippen LogP contribution in [-0.4, -0.2) is 27.1 Å². The zero-order valence-corrected chi connectivity index (χ0v) is 19.7. The highest BCUT2D eigenvalue weighted by Gasteiger charge is 2.21. The van der Waals surface area contributed by atoms with Gasteiger partial charge in [0.2, 0.25) is 11.9 Å². The molecular formula is C25H28N6S. The van der Waals surface area contributed by atoms with E-state index in [1.807, 2.05) is 32.0 Å². The van der Waals surface area contributed by atoms with E-state index in [4.69, 9.17) is 17.2 Å². The summed E-state index contributed by atoms with van der Waals surface area (Å²) in [5.74, 6) is 1.04. The monoisotopic (exact) mass is 444 g/mol. The molecular weight excluding hydrogens is 416 g/mol. The SMILES string of the molecule is Cc1cc(C)nc(NC(=NC2Cc3ccccc3C2)NC(=S)Nc2cccc(C)c2C)n1. The first-order chi connectivity index (χ1) is 15.4. The lowest BCUT2D eigenvalue weighted by Gasteiger charge is -2.17. The van der Waals surface area contributed by atoms with Crippen LogP contribution in [0.3, 0.4) is 0 Å². The Balaban J connectivity index is 1.55. The number of aliphatic imine (C=N–C) groups is 1. The van der Waals surface area contributed by atoms with Crippen LogP contribution in [0.2, 0.25) is 0 Å². The molecule has 1 heterocycles. The van der Waals surface area contributed by atoms with E-state index in [9.17, 15) is 0 Å². The second-order valence-corrected chi connectivity index (χ2v) is 8.64. The van der Waals surface area contributed by atoms with E-state index < -0.39 is 0 Å². The van der Waals surface area contributed by atoms with Crippen LogP contribution in [0.5, 0.6) is 0 Å². The maximum absolute atomic E-state index is 5.61. The minimum Gasteiger partial charge on any atom is -0.332 e. The Labute approximate surface area is 194 Å². The number of guanidine groups is 1. The van der Waals surface area contributed by atoms with Gasteiger partial charge in [0.15, 0.2) is 5.11 Å².